The number of hydrogen-bond acceptors (Lipinski definition) is 6. The minimum Gasteiger partial charge on any atom is -0.442 e. The first-order valence-corrected chi connectivity index (χ1v) is 10.3. The highest BCUT2D eigenvalue weighted by atomic mass is 32.1. The maximum atomic E-state index is 14.8. The number of ketones is 1. The number of rotatable bonds is 6. The number of thiocarbonyl (C=S) groups is 1. The van der Waals surface area contributed by atoms with Crippen molar-refractivity contribution in [2.45, 2.75) is 26.4 Å². The first-order chi connectivity index (χ1) is 14.3. The van der Waals surface area contributed by atoms with Crippen molar-refractivity contribution in [3.63, 3.8) is 0 Å². The Bertz CT molecular complexity index is 857. The molecule has 1 aromatic rings. The third-order valence-corrected chi connectivity index (χ3v) is 5.61. The lowest BCUT2D eigenvalue weighted by Gasteiger charge is -2.35. The van der Waals surface area contributed by atoms with Gasteiger partial charge in [-0.25, -0.2) is 9.18 Å². The molecule has 2 aliphatic heterocycles. The average Bonchev–Trinajstić information content (AvgIpc) is 3.12. The zero-order valence-corrected chi connectivity index (χ0v) is 17.8. The van der Waals surface area contributed by atoms with E-state index in [0.717, 1.165) is 0 Å². The largest absolute Gasteiger partial charge is 0.442 e. The second kappa shape index (κ2) is 9.38. The Morgan fingerprint density at radius 2 is 1.97 bits per heavy atom. The van der Waals surface area contributed by atoms with Gasteiger partial charge in [-0.1, -0.05) is 19.1 Å². The Labute approximate surface area is 179 Å². The lowest BCUT2D eigenvalue weighted by atomic mass is 10.2. The zero-order valence-electron chi connectivity index (χ0n) is 17.0. The fourth-order valence-electron chi connectivity index (χ4n) is 3.48. The third-order valence-electron chi connectivity index (χ3n) is 5.17. The van der Waals surface area contributed by atoms with Gasteiger partial charge >= 0.3 is 6.09 Å². The van der Waals surface area contributed by atoms with Crippen LogP contribution in [-0.2, 0) is 14.3 Å². The van der Waals surface area contributed by atoms with Gasteiger partial charge in [0.25, 0.3) is 5.91 Å². The molecule has 1 N–H and O–H groups in total. The number of nitrogens with zero attached hydrogens (tertiary/aromatic N) is 3. The zero-order chi connectivity index (χ0) is 21.8. The molecule has 162 valence electrons. The normalized spacial score (nSPS) is 19.0. The van der Waals surface area contributed by atoms with E-state index in [1.165, 1.54) is 22.8 Å². The van der Waals surface area contributed by atoms with E-state index in [-0.39, 0.29) is 6.10 Å². The molecule has 2 amide bonds. The summed E-state index contributed by atoms with van der Waals surface area (Å²) >= 11 is 5.11. The number of ether oxygens (including phenoxy) is 1. The Kier molecular flexibility index (Phi) is 6.86. The van der Waals surface area contributed by atoms with E-state index in [1.54, 1.807) is 12.1 Å². The summed E-state index contributed by atoms with van der Waals surface area (Å²) < 4.78 is 20.1. The summed E-state index contributed by atoms with van der Waals surface area (Å²) in [5, 5.41) is 3.05. The van der Waals surface area contributed by atoms with Gasteiger partial charge in [0.15, 0.2) is 0 Å². The first kappa shape index (κ1) is 21.9. The predicted molar refractivity (Wildman–Crippen MR) is 114 cm³/mol. The van der Waals surface area contributed by atoms with Crippen LogP contribution in [0.15, 0.2) is 18.2 Å². The fraction of sp³-hybridized carbons (Fsp3) is 0.500. The molecule has 30 heavy (non-hydrogen) atoms. The van der Waals surface area contributed by atoms with Crippen LogP contribution in [0.3, 0.4) is 0 Å². The van der Waals surface area contributed by atoms with Crippen molar-refractivity contribution in [2.75, 3.05) is 49.1 Å². The van der Waals surface area contributed by atoms with Crippen LogP contribution in [-0.4, -0.2) is 73.0 Å². The second-order valence-electron chi connectivity index (χ2n) is 7.25. The summed E-state index contributed by atoms with van der Waals surface area (Å²) in [6, 6.07) is 4.62. The molecule has 0 aliphatic carbocycles. The third kappa shape index (κ3) is 4.86. The summed E-state index contributed by atoms with van der Waals surface area (Å²) in [7, 11) is 0. The van der Waals surface area contributed by atoms with Crippen molar-refractivity contribution in [3.8, 4) is 0 Å². The maximum absolute atomic E-state index is 14.8. The van der Waals surface area contributed by atoms with Gasteiger partial charge in [-0.05, 0) is 24.6 Å². The quantitative estimate of drug-likeness (QED) is 0.537. The predicted octanol–water partition coefficient (Wildman–Crippen LogP) is 1.72. The average molecular weight is 437 g/mol. The van der Waals surface area contributed by atoms with Crippen LogP contribution >= 0.6 is 12.2 Å². The lowest BCUT2D eigenvalue weighted by molar-refractivity contribution is -0.143. The van der Waals surface area contributed by atoms with Gasteiger partial charge in [0, 0.05) is 33.1 Å². The molecule has 0 aromatic heterocycles. The molecule has 0 unspecified atom stereocenters. The molecule has 0 saturated carbocycles. The van der Waals surface area contributed by atoms with Crippen LogP contribution < -0.4 is 15.1 Å². The van der Waals surface area contributed by atoms with Gasteiger partial charge in [-0.15, -0.1) is 0 Å². The monoisotopic (exact) mass is 436 g/mol. The number of cyclic esters (lactones) is 1. The van der Waals surface area contributed by atoms with Crippen LogP contribution in [0.1, 0.15) is 20.3 Å². The summed E-state index contributed by atoms with van der Waals surface area (Å²) in [6.45, 7) is 5.46. The molecule has 10 heteroatoms. The molecular weight excluding hydrogens is 411 g/mol. The summed E-state index contributed by atoms with van der Waals surface area (Å²) in [6.07, 6.45) is -0.173. The van der Waals surface area contributed by atoms with Crippen molar-refractivity contribution in [1.29, 1.82) is 0 Å². The minimum atomic E-state index is -0.521. The van der Waals surface area contributed by atoms with Crippen molar-refractivity contribution in [1.82, 2.24) is 10.2 Å². The van der Waals surface area contributed by atoms with Crippen LogP contribution in [0.25, 0.3) is 0 Å². The number of halogens is 1. The molecule has 1 atom stereocenters. The topological polar surface area (TPSA) is 82.2 Å². The smallest absolute Gasteiger partial charge is 0.414 e. The number of anilines is 2. The molecule has 0 spiro atoms. The van der Waals surface area contributed by atoms with Crippen molar-refractivity contribution in [2.24, 2.45) is 0 Å². The first-order valence-electron chi connectivity index (χ1n) is 9.89. The highest BCUT2D eigenvalue weighted by Gasteiger charge is 2.33. The van der Waals surface area contributed by atoms with Crippen LogP contribution in [0.4, 0.5) is 20.6 Å². The highest BCUT2D eigenvalue weighted by Crippen LogP contribution is 2.28. The van der Waals surface area contributed by atoms with E-state index < -0.39 is 23.6 Å². The Morgan fingerprint density at radius 3 is 2.57 bits per heavy atom. The summed E-state index contributed by atoms with van der Waals surface area (Å²) in [4.78, 5) is 40.6. The molecule has 1 aromatic carbocycles. The Balaban J connectivity index is 1.62. The van der Waals surface area contributed by atoms with Gasteiger partial charge in [0.2, 0.25) is 5.78 Å². The number of carbonyl (C=O) groups excluding carboxylic acids is 3. The van der Waals surface area contributed by atoms with Gasteiger partial charge in [0.05, 0.1) is 29.5 Å². The highest BCUT2D eigenvalue weighted by molar-refractivity contribution is 7.80. The standard InChI is InChI=1S/C20H25FN4O4S/c1-3-18(30)22-11-15-12-25(20(28)29-15)14-4-5-17(16(21)10-14)23-6-8-24(9-7-23)19(27)13(2)26/h4-5,10,15H,3,6-9,11-12H2,1-2H3,(H,22,30)/t15-/m0/s1. The minimum absolute atomic E-state index is 0.308. The molecular formula is C20H25FN4O4S. The Hall–Kier alpha value is -2.75. The number of nitrogens with one attached hydrogen (secondary N) is 1. The van der Waals surface area contributed by atoms with Gasteiger partial charge in [-0.2, -0.15) is 0 Å². The number of hydrogen-bond donors (Lipinski definition) is 1. The van der Waals surface area contributed by atoms with Crippen LogP contribution in [0, 0.1) is 5.82 Å². The molecule has 8 nitrogen and oxygen atoms in total. The number of carbonyl (C=O) groups is 3. The second-order valence-corrected chi connectivity index (χ2v) is 7.74. The maximum Gasteiger partial charge on any atom is 0.414 e. The van der Waals surface area contributed by atoms with Crippen molar-refractivity contribution >= 4 is 46.4 Å². The SMILES string of the molecule is CCC(=S)NC[C@H]1CN(c2ccc(N3CCN(C(=O)C(C)=O)CC3)c(F)c2)C(=O)O1. The van der Waals surface area contributed by atoms with E-state index in [2.05, 4.69) is 5.32 Å². The molecule has 2 heterocycles. The van der Waals surface area contributed by atoms with Crippen molar-refractivity contribution < 1.29 is 23.5 Å². The van der Waals surface area contributed by atoms with Crippen LogP contribution in [0.2, 0.25) is 0 Å². The molecule has 2 saturated heterocycles. The number of Topliss-reactive ketones (excluding diaryl/α,β-unsaturated/α-hetero) is 1. The van der Waals surface area contributed by atoms with E-state index in [1.807, 2.05) is 11.8 Å². The Morgan fingerprint density at radius 1 is 1.27 bits per heavy atom. The molecule has 0 radical (unpaired) electrons. The number of piperazine rings is 1. The van der Waals surface area contributed by atoms with E-state index in [9.17, 15) is 18.8 Å². The van der Waals surface area contributed by atoms with Crippen LogP contribution in [0.5, 0.6) is 0 Å². The summed E-state index contributed by atoms with van der Waals surface area (Å²) in [5.74, 6) is -1.47. The fourth-order valence-corrected chi connectivity index (χ4v) is 3.57. The molecule has 2 aliphatic rings. The molecule has 0 bridgehead atoms. The van der Waals surface area contributed by atoms with E-state index in [0.29, 0.717) is 62.1 Å². The number of amides is 2. The van der Waals surface area contributed by atoms with Gasteiger partial charge in [0.1, 0.15) is 11.9 Å². The van der Waals surface area contributed by atoms with Gasteiger partial charge < -0.3 is 19.9 Å². The summed E-state index contributed by atoms with van der Waals surface area (Å²) in [5.41, 5.74) is 0.819. The molecule has 2 fully saturated rings. The van der Waals surface area contributed by atoms with Crippen molar-refractivity contribution in [3.05, 3.63) is 24.0 Å². The van der Waals surface area contributed by atoms with E-state index in [4.69, 9.17) is 17.0 Å². The van der Waals surface area contributed by atoms with E-state index >= 15 is 0 Å². The lowest BCUT2D eigenvalue weighted by Crippen LogP contribution is -2.50. The number of benzene rings is 1. The van der Waals surface area contributed by atoms with Gasteiger partial charge in [-0.3, -0.25) is 14.5 Å². The molecule has 3 rings (SSSR count).